The van der Waals surface area contributed by atoms with Gasteiger partial charge in [0.15, 0.2) is 0 Å². The van der Waals surface area contributed by atoms with E-state index in [1.807, 2.05) is 0 Å². The van der Waals surface area contributed by atoms with Gasteiger partial charge in [-0.2, -0.15) is 0 Å². The Morgan fingerprint density at radius 3 is 2.57 bits per heavy atom. The van der Waals surface area contributed by atoms with Crippen molar-refractivity contribution in [1.82, 2.24) is 0 Å². The Balaban J connectivity index is 2.46. The van der Waals surface area contributed by atoms with Gasteiger partial charge in [-0.1, -0.05) is 56.3 Å². The molecule has 1 aliphatic carbocycles. The van der Waals surface area contributed by atoms with Crippen LogP contribution in [-0.4, -0.2) is 0 Å². The van der Waals surface area contributed by atoms with Crippen molar-refractivity contribution in [3.05, 3.63) is 53.6 Å². The van der Waals surface area contributed by atoms with E-state index in [2.05, 4.69) is 56.3 Å². The minimum Gasteiger partial charge on any atom is -0.0801 e. The summed E-state index contributed by atoms with van der Waals surface area (Å²) in [7, 11) is 0. The van der Waals surface area contributed by atoms with Crippen LogP contribution < -0.4 is 0 Å². The lowest BCUT2D eigenvalue weighted by molar-refractivity contribution is 0.863. The first-order valence-electron chi connectivity index (χ1n) is 5.25. The lowest BCUT2D eigenvalue weighted by Crippen LogP contribution is -1.93. The predicted octanol–water partition coefficient (Wildman–Crippen LogP) is 4.15. The third-order valence-corrected chi connectivity index (χ3v) is 2.67. The molecular formula is C14H16. The molecule has 0 amide bonds. The fraction of sp³-hybridized carbons (Fsp3) is 0.286. The van der Waals surface area contributed by atoms with E-state index in [0.717, 1.165) is 6.42 Å². The molecule has 0 nitrogen and oxygen atoms in total. The molecule has 0 heterocycles. The molecule has 0 aromatic heterocycles. The van der Waals surface area contributed by atoms with Crippen molar-refractivity contribution in [2.75, 3.05) is 0 Å². The van der Waals surface area contributed by atoms with E-state index in [-0.39, 0.29) is 0 Å². The lowest BCUT2D eigenvalue weighted by atomic mass is 9.93. The second kappa shape index (κ2) is 3.83. The molecule has 72 valence electrons. The third-order valence-electron chi connectivity index (χ3n) is 2.67. The van der Waals surface area contributed by atoms with Gasteiger partial charge in [0.05, 0.1) is 0 Å². The highest BCUT2D eigenvalue weighted by Crippen LogP contribution is 2.28. The van der Waals surface area contributed by atoms with Crippen molar-refractivity contribution < 1.29 is 0 Å². The molecule has 0 aliphatic heterocycles. The predicted molar refractivity (Wildman–Crippen MR) is 62.3 cm³/mol. The standard InChI is InChI=1S/C14H16/c1-11(2)13-9-5-6-10-14(13)12-7-3-4-8-12/h3,5-11H,4H2,1-2H3. The van der Waals surface area contributed by atoms with Crippen LogP contribution in [0.25, 0.3) is 5.57 Å². The molecule has 0 fully saturated rings. The van der Waals surface area contributed by atoms with E-state index in [0.29, 0.717) is 5.92 Å². The minimum atomic E-state index is 0.598. The van der Waals surface area contributed by atoms with Crippen molar-refractivity contribution in [1.29, 1.82) is 0 Å². The highest BCUT2D eigenvalue weighted by molar-refractivity contribution is 5.78. The highest BCUT2D eigenvalue weighted by atomic mass is 14.1. The number of rotatable bonds is 2. The topological polar surface area (TPSA) is 0 Å². The molecule has 1 aliphatic rings. The average molecular weight is 184 g/mol. The maximum atomic E-state index is 2.29. The number of benzene rings is 1. The molecule has 0 atom stereocenters. The minimum absolute atomic E-state index is 0.598. The summed E-state index contributed by atoms with van der Waals surface area (Å²) >= 11 is 0. The van der Waals surface area contributed by atoms with Crippen molar-refractivity contribution in [3.63, 3.8) is 0 Å². The van der Waals surface area contributed by atoms with Gasteiger partial charge in [0, 0.05) is 0 Å². The van der Waals surface area contributed by atoms with Gasteiger partial charge in [0.25, 0.3) is 0 Å². The van der Waals surface area contributed by atoms with Crippen LogP contribution in [0.15, 0.2) is 42.5 Å². The van der Waals surface area contributed by atoms with Gasteiger partial charge >= 0.3 is 0 Å². The highest BCUT2D eigenvalue weighted by Gasteiger charge is 2.09. The van der Waals surface area contributed by atoms with Crippen molar-refractivity contribution >= 4 is 5.57 Å². The number of allylic oxidation sites excluding steroid dienone is 4. The maximum absolute atomic E-state index is 2.29. The number of hydrogen-bond acceptors (Lipinski definition) is 0. The Kier molecular flexibility index (Phi) is 2.53. The van der Waals surface area contributed by atoms with Crippen LogP contribution in [-0.2, 0) is 0 Å². The monoisotopic (exact) mass is 184 g/mol. The molecule has 0 unspecified atom stereocenters. The zero-order valence-corrected chi connectivity index (χ0v) is 8.83. The zero-order chi connectivity index (χ0) is 9.97. The van der Waals surface area contributed by atoms with Gasteiger partial charge in [-0.3, -0.25) is 0 Å². The summed E-state index contributed by atoms with van der Waals surface area (Å²) in [6.45, 7) is 4.50. The van der Waals surface area contributed by atoms with Crippen molar-refractivity contribution in [2.45, 2.75) is 26.2 Å². The van der Waals surface area contributed by atoms with Crippen LogP contribution in [0.2, 0.25) is 0 Å². The van der Waals surface area contributed by atoms with Gasteiger partial charge in [0.1, 0.15) is 0 Å². The molecule has 0 spiro atoms. The van der Waals surface area contributed by atoms with E-state index in [9.17, 15) is 0 Å². The lowest BCUT2D eigenvalue weighted by Gasteiger charge is -2.12. The van der Waals surface area contributed by atoms with E-state index < -0.39 is 0 Å². The molecular weight excluding hydrogens is 168 g/mol. The summed E-state index contributed by atoms with van der Waals surface area (Å²) in [5, 5.41) is 0. The fourth-order valence-corrected chi connectivity index (χ4v) is 1.92. The summed E-state index contributed by atoms with van der Waals surface area (Å²) in [5.41, 5.74) is 4.23. The summed E-state index contributed by atoms with van der Waals surface area (Å²) in [6.07, 6.45) is 7.82. The SMILES string of the molecule is CC(C)c1ccccc1C1=CCC=C1. The Morgan fingerprint density at radius 2 is 1.93 bits per heavy atom. The zero-order valence-electron chi connectivity index (χ0n) is 8.83. The van der Waals surface area contributed by atoms with Gasteiger partial charge < -0.3 is 0 Å². The first kappa shape index (κ1) is 9.26. The summed E-state index contributed by atoms with van der Waals surface area (Å²) in [6, 6.07) is 8.69. The Morgan fingerprint density at radius 1 is 1.14 bits per heavy atom. The fourth-order valence-electron chi connectivity index (χ4n) is 1.92. The van der Waals surface area contributed by atoms with Crippen LogP contribution in [0.1, 0.15) is 37.3 Å². The second-order valence-electron chi connectivity index (χ2n) is 4.04. The van der Waals surface area contributed by atoms with E-state index in [4.69, 9.17) is 0 Å². The number of hydrogen-bond donors (Lipinski definition) is 0. The molecule has 0 saturated heterocycles. The molecule has 14 heavy (non-hydrogen) atoms. The third kappa shape index (κ3) is 1.65. The van der Waals surface area contributed by atoms with Crippen LogP contribution in [0, 0.1) is 0 Å². The first-order chi connectivity index (χ1) is 6.79. The van der Waals surface area contributed by atoms with Gasteiger partial charge in [0.2, 0.25) is 0 Å². The first-order valence-corrected chi connectivity index (χ1v) is 5.25. The summed E-state index contributed by atoms with van der Waals surface area (Å²) in [5.74, 6) is 0.598. The van der Waals surface area contributed by atoms with Gasteiger partial charge in [-0.25, -0.2) is 0 Å². The smallest absolute Gasteiger partial charge is 0.0153 e. The van der Waals surface area contributed by atoms with Crippen LogP contribution in [0.3, 0.4) is 0 Å². The Labute approximate surface area is 86.0 Å². The van der Waals surface area contributed by atoms with Gasteiger partial charge in [-0.05, 0) is 29.0 Å². The van der Waals surface area contributed by atoms with E-state index in [1.54, 1.807) is 0 Å². The van der Waals surface area contributed by atoms with Crippen LogP contribution in [0.4, 0.5) is 0 Å². The van der Waals surface area contributed by atoms with E-state index >= 15 is 0 Å². The van der Waals surface area contributed by atoms with Gasteiger partial charge in [-0.15, -0.1) is 0 Å². The molecule has 1 aromatic rings. The van der Waals surface area contributed by atoms with Crippen molar-refractivity contribution in [3.8, 4) is 0 Å². The molecule has 0 saturated carbocycles. The molecule has 2 rings (SSSR count). The average Bonchev–Trinajstić information content (AvgIpc) is 2.70. The Hall–Kier alpha value is -1.30. The molecule has 0 bridgehead atoms. The van der Waals surface area contributed by atoms with Crippen LogP contribution >= 0.6 is 0 Å². The van der Waals surface area contributed by atoms with Crippen molar-refractivity contribution in [2.24, 2.45) is 0 Å². The summed E-state index contributed by atoms with van der Waals surface area (Å²) in [4.78, 5) is 0. The molecule has 1 aromatic carbocycles. The second-order valence-corrected chi connectivity index (χ2v) is 4.04. The summed E-state index contributed by atoms with van der Waals surface area (Å²) < 4.78 is 0. The largest absolute Gasteiger partial charge is 0.0801 e. The van der Waals surface area contributed by atoms with E-state index in [1.165, 1.54) is 16.7 Å². The maximum Gasteiger partial charge on any atom is -0.0153 e. The van der Waals surface area contributed by atoms with Crippen LogP contribution in [0.5, 0.6) is 0 Å². The normalized spacial score (nSPS) is 14.9. The molecule has 0 N–H and O–H groups in total. The Bertz CT molecular complexity index is 381. The molecule has 0 heteroatoms. The quantitative estimate of drug-likeness (QED) is 0.647. The molecule has 0 radical (unpaired) electrons.